The molecule has 0 saturated heterocycles. The number of carbonyl (C=O) groups excluding carboxylic acids is 1. The van der Waals surface area contributed by atoms with Crippen LogP contribution >= 0.6 is 11.6 Å². The molecular weight excluding hydrogens is 374 g/mol. The Balaban J connectivity index is 2.50. The summed E-state index contributed by atoms with van der Waals surface area (Å²) >= 11 is 6.05. The van der Waals surface area contributed by atoms with Crippen molar-refractivity contribution in [3.63, 3.8) is 0 Å². The Morgan fingerprint density at radius 1 is 1.15 bits per heavy atom. The van der Waals surface area contributed by atoms with Crippen LogP contribution in [-0.2, 0) is 14.8 Å². The number of hydrogen-bond donors (Lipinski definition) is 1. The highest BCUT2D eigenvalue weighted by Gasteiger charge is 2.28. The summed E-state index contributed by atoms with van der Waals surface area (Å²) in [5.41, 5.74) is 4.02. The Morgan fingerprint density at radius 2 is 1.81 bits per heavy atom. The van der Waals surface area contributed by atoms with Gasteiger partial charge in [0, 0.05) is 10.7 Å². The maximum atomic E-state index is 13.1. The van der Waals surface area contributed by atoms with E-state index in [1.807, 2.05) is 0 Å². The summed E-state index contributed by atoms with van der Waals surface area (Å²) in [6.45, 7) is 4.78. The van der Waals surface area contributed by atoms with E-state index in [1.54, 1.807) is 51.1 Å². The zero-order chi connectivity index (χ0) is 19.3. The van der Waals surface area contributed by atoms with Crippen LogP contribution < -0.4 is 9.73 Å². The van der Waals surface area contributed by atoms with Crippen molar-refractivity contribution in [1.29, 1.82) is 0 Å². The fourth-order valence-corrected chi connectivity index (χ4v) is 3.88. The van der Waals surface area contributed by atoms with E-state index in [-0.39, 0.29) is 4.90 Å². The molecule has 0 spiro atoms. The van der Waals surface area contributed by atoms with E-state index in [1.165, 1.54) is 18.2 Å². The monoisotopic (exact) mass is 393 g/mol. The molecule has 0 atom stereocenters. The summed E-state index contributed by atoms with van der Waals surface area (Å²) < 4.78 is 27.3. The van der Waals surface area contributed by atoms with Gasteiger partial charge in [-0.3, -0.25) is 9.10 Å². The maximum absolute atomic E-state index is 13.1. The summed E-state index contributed by atoms with van der Waals surface area (Å²) in [4.78, 5) is 12.3. The van der Waals surface area contributed by atoms with Crippen molar-refractivity contribution >= 4 is 38.9 Å². The Kier molecular flexibility index (Phi) is 6.39. The molecule has 0 aliphatic rings. The zero-order valence-electron chi connectivity index (χ0n) is 14.7. The van der Waals surface area contributed by atoms with Crippen molar-refractivity contribution in [2.24, 2.45) is 5.10 Å². The first-order valence-corrected chi connectivity index (χ1v) is 9.67. The van der Waals surface area contributed by atoms with Gasteiger partial charge in [-0.1, -0.05) is 35.9 Å². The number of sulfonamides is 1. The van der Waals surface area contributed by atoms with Crippen molar-refractivity contribution < 1.29 is 13.2 Å². The van der Waals surface area contributed by atoms with E-state index in [0.717, 1.165) is 4.31 Å². The maximum Gasteiger partial charge on any atom is 0.264 e. The van der Waals surface area contributed by atoms with Crippen LogP contribution in [0.5, 0.6) is 0 Å². The molecule has 0 fully saturated rings. The number of amides is 1. The number of benzene rings is 2. The van der Waals surface area contributed by atoms with Crippen molar-refractivity contribution in [2.45, 2.75) is 25.7 Å². The minimum atomic E-state index is -3.96. The highest BCUT2D eigenvalue weighted by Crippen LogP contribution is 2.29. The summed E-state index contributed by atoms with van der Waals surface area (Å²) in [5, 5.41) is 4.21. The molecule has 1 N–H and O–H groups in total. The lowest BCUT2D eigenvalue weighted by atomic mass is 10.2. The van der Waals surface area contributed by atoms with Gasteiger partial charge in [0.25, 0.3) is 15.9 Å². The Bertz CT molecular complexity index is 924. The molecular formula is C18H20ClN3O3S. The SMILES string of the molecule is CC(C)=NNC(=O)CN(c1cc(Cl)ccc1C)S(=O)(=O)c1ccccc1. The van der Waals surface area contributed by atoms with Crippen LogP contribution in [-0.4, -0.2) is 26.6 Å². The van der Waals surface area contributed by atoms with Gasteiger partial charge in [0.15, 0.2) is 0 Å². The Labute approximate surface area is 158 Å². The molecule has 8 heteroatoms. The van der Waals surface area contributed by atoms with Crippen LogP contribution in [0.2, 0.25) is 5.02 Å². The Hall–Kier alpha value is -2.38. The summed E-state index contributed by atoms with van der Waals surface area (Å²) in [6.07, 6.45) is 0. The summed E-state index contributed by atoms with van der Waals surface area (Å²) in [6, 6.07) is 12.8. The fourth-order valence-electron chi connectivity index (χ4n) is 2.21. The van der Waals surface area contributed by atoms with Gasteiger partial charge in [0.1, 0.15) is 6.54 Å². The van der Waals surface area contributed by atoms with E-state index >= 15 is 0 Å². The number of halogens is 1. The van der Waals surface area contributed by atoms with Crippen LogP contribution in [0.25, 0.3) is 0 Å². The molecule has 0 unspecified atom stereocenters. The van der Waals surface area contributed by atoms with E-state index in [4.69, 9.17) is 11.6 Å². The van der Waals surface area contributed by atoms with Crippen LogP contribution in [0.15, 0.2) is 58.5 Å². The number of carbonyl (C=O) groups is 1. The normalized spacial score (nSPS) is 10.9. The second kappa shape index (κ2) is 8.33. The smallest absolute Gasteiger partial charge is 0.264 e. The third kappa shape index (κ3) is 4.83. The lowest BCUT2D eigenvalue weighted by molar-refractivity contribution is -0.119. The molecule has 6 nitrogen and oxygen atoms in total. The first-order chi connectivity index (χ1) is 12.2. The van der Waals surface area contributed by atoms with Crippen LogP contribution in [0.1, 0.15) is 19.4 Å². The molecule has 2 rings (SSSR count). The highest BCUT2D eigenvalue weighted by atomic mass is 35.5. The molecule has 0 aliphatic carbocycles. The van der Waals surface area contributed by atoms with Crippen molar-refractivity contribution in [3.8, 4) is 0 Å². The molecule has 2 aromatic rings. The minimum absolute atomic E-state index is 0.0855. The molecule has 2 aromatic carbocycles. The van der Waals surface area contributed by atoms with Gasteiger partial charge in [-0.05, 0) is 50.6 Å². The van der Waals surface area contributed by atoms with Gasteiger partial charge in [-0.25, -0.2) is 13.8 Å². The number of hydrogen-bond acceptors (Lipinski definition) is 4. The number of aryl methyl sites for hydroxylation is 1. The van der Waals surface area contributed by atoms with E-state index in [9.17, 15) is 13.2 Å². The van der Waals surface area contributed by atoms with E-state index < -0.39 is 22.5 Å². The van der Waals surface area contributed by atoms with Crippen LogP contribution in [0, 0.1) is 6.92 Å². The number of hydrazone groups is 1. The van der Waals surface area contributed by atoms with Crippen molar-refractivity contribution in [2.75, 3.05) is 10.8 Å². The van der Waals surface area contributed by atoms with E-state index in [2.05, 4.69) is 10.5 Å². The Morgan fingerprint density at radius 3 is 2.42 bits per heavy atom. The largest absolute Gasteiger partial charge is 0.271 e. The molecule has 138 valence electrons. The van der Waals surface area contributed by atoms with Crippen molar-refractivity contribution in [3.05, 3.63) is 59.1 Å². The number of anilines is 1. The zero-order valence-corrected chi connectivity index (χ0v) is 16.3. The first kappa shape index (κ1) is 19.9. The van der Waals surface area contributed by atoms with Crippen LogP contribution in [0.3, 0.4) is 0 Å². The molecule has 0 heterocycles. The fraction of sp³-hybridized carbons (Fsp3) is 0.222. The molecule has 0 bridgehead atoms. The quantitative estimate of drug-likeness (QED) is 0.603. The van der Waals surface area contributed by atoms with Gasteiger partial charge < -0.3 is 0 Å². The predicted molar refractivity (Wildman–Crippen MR) is 104 cm³/mol. The molecule has 0 radical (unpaired) electrons. The number of rotatable bonds is 6. The van der Waals surface area contributed by atoms with E-state index in [0.29, 0.717) is 22.0 Å². The second-order valence-electron chi connectivity index (χ2n) is 5.85. The van der Waals surface area contributed by atoms with Crippen molar-refractivity contribution in [1.82, 2.24) is 5.43 Å². The molecule has 1 amide bonds. The molecule has 26 heavy (non-hydrogen) atoms. The standard InChI is InChI=1S/C18H20ClN3O3S/c1-13(2)20-21-18(23)12-22(17-11-15(19)10-9-14(17)3)26(24,25)16-7-5-4-6-8-16/h4-11H,12H2,1-3H3,(H,21,23). The van der Waals surface area contributed by atoms with Gasteiger partial charge in [-0.15, -0.1) is 0 Å². The summed E-state index contributed by atoms with van der Waals surface area (Å²) in [5.74, 6) is -0.551. The molecule has 0 aliphatic heterocycles. The van der Waals surface area contributed by atoms with Gasteiger partial charge >= 0.3 is 0 Å². The average molecular weight is 394 g/mol. The molecule has 0 saturated carbocycles. The van der Waals surface area contributed by atoms with Gasteiger partial charge in [-0.2, -0.15) is 5.10 Å². The highest BCUT2D eigenvalue weighted by molar-refractivity contribution is 7.92. The predicted octanol–water partition coefficient (Wildman–Crippen LogP) is 3.36. The average Bonchev–Trinajstić information content (AvgIpc) is 2.60. The van der Waals surface area contributed by atoms with Gasteiger partial charge in [0.05, 0.1) is 10.6 Å². The topological polar surface area (TPSA) is 78.8 Å². The molecule has 0 aromatic heterocycles. The lowest BCUT2D eigenvalue weighted by Gasteiger charge is -2.25. The van der Waals surface area contributed by atoms with Gasteiger partial charge in [0.2, 0.25) is 0 Å². The first-order valence-electron chi connectivity index (χ1n) is 7.85. The second-order valence-corrected chi connectivity index (χ2v) is 8.15. The third-order valence-electron chi connectivity index (χ3n) is 3.46. The summed E-state index contributed by atoms with van der Waals surface area (Å²) in [7, 11) is -3.96. The minimum Gasteiger partial charge on any atom is -0.271 e. The third-order valence-corrected chi connectivity index (χ3v) is 5.47. The number of nitrogens with zero attached hydrogens (tertiary/aromatic N) is 2. The number of nitrogens with one attached hydrogen (secondary N) is 1. The van der Waals surface area contributed by atoms with Crippen LogP contribution in [0.4, 0.5) is 5.69 Å². The lowest BCUT2D eigenvalue weighted by Crippen LogP contribution is -2.40.